The molecule has 0 unspecified atom stereocenters. The molecule has 0 aliphatic carbocycles. The zero-order valence-corrected chi connectivity index (χ0v) is 18.6. The fourth-order valence-electron chi connectivity index (χ4n) is 4.41. The summed E-state index contributed by atoms with van der Waals surface area (Å²) in [5, 5.41) is 13.2. The Balaban J connectivity index is 0.00000106. The highest BCUT2D eigenvalue weighted by atomic mass is 19.1. The average Bonchev–Trinajstić information content (AvgIpc) is 3.28. The lowest BCUT2D eigenvalue weighted by molar-refractivity contribution is 0.532. The summed E-state index contributed by atoms with van der Waals surface area (Å²) in [6.07, 6.45) is 1.96. The summed E-state index contributed by atoms with van der Waals surface area (Å²) in [7, 11) is 0. The predicted octanol–water partition coefficient (Wildman–Crippen LogP) is 6.17. The summed E-state index contributed by atoms with van der Waals surface area (Å²) in [5.74, 6) is 1.38. The molecule has 0 amide bonds. The molecule has 0 radical (unpaired) electrons. The van der Waals surface area contributed by atoms with Crippen LogP contribution in [0.5, 0.6) is 0 Å². The highest BCUT2D eigenvalue weighted by Crippen LogP contribution is 2.43. The highest BCUT2D eigenvalue weighted by Gasteiger charge is 2.36. The number of nitrogens with one attached hydrogen (secondary N) is 2. The van der Waals surface area contributed by atoms with E-state index in [0.29, 0.717) is 5.56 Å². The van der Waals surface area contributed by atoms with Gasteiger partial charge < -0.3 is 10.3 Å². The largest absolute Gasteiger partial charge is 0.371 e. The SMILES string of the molecule is CC.Cc1c(-c2cccc3c(C)c[nH]c23)c(F)cc2c1-n1c(C)nnc1C(C)(C)N2. The van der Waals surface area contributed by atoms with Crippen LogP contribution in [0.25, 0.3) is 27.7 Å². The molecular formula is C24H28FN5. The Labute approximate surface area is 176 Å². The molecule has 0 bridgehead atoms. The summed E-state index contributed by atoms with van der Waals surface area (Å²) >= 11 is 0. The monoisotopic (exact) mass is 405 g/mol. The van der Waals surface area contributed by atoms with Crippen molar-refractivity contribution in [1.82, 2.24) is 19.7 Å². The molecule has 6 heteroatoms. The Hall–Kier alpha value is -3.15. The molecule has 0 saturated heterocycles. The molecule has 2 aromatic heterocycles. The van der Waals surface area contributed by atoms with Crippen LogP contribution in [0, 0.1) is 26.6 Å². The van der Waals surface area contributed by atoms with Gasteiger partial charge >= 0.3 is 0 Å². The molecule has 2 aromatic carbocycles. The van der Waals surface area contributed by atoms with E-state index in [4.69, 9.17) is 0 Å². The van der Waals surface area contributed by atoms with Crippen molar-refractivity contribution in [3.05, 3.63) is 59.1 Å². The normalized spacial score (nSPS) is 13.9. The average molecular weight is 406 g/mol. The van der Waals surface area contributed by atoms with Crippen molar-refractivity contribution in [3.8, 4) is 16.8 Å². The molecule has 30 heavy (non-hydrogen) atoms. The number of H-pyrrole nitrogens is 1. The van der Waals surface area contributed by atoms with Gasteiger partial charge in [0.15, 0.2) is 5.82 Å². The van der Waals surface area contributed by atoms with Gasteiger partial charge in [0, 0.05) is 22.7 Å². The van der Waals surface area contributed by atoms with Crippen LogP contribution in [0.15, 0.2) is 30.5 Å². The molecule has 5 nitrogen and oxygen atoms in total. The number of hydrogen-bond acceptors (Lipinski definition) is 3. The molecule has 156 valence electrons. The second kappa shape index (κ2) is 6.97. The second-order valence-corrected chi connectivity index (χ2v) is 8.11. The van der Waals surface area contributed by atoms with E-state index >= 15 is 4.39 Å². The van der Waals surface area contributed by atoms with Crippen LogP contribution in [-0.2, 0) is 5.54 Å². The van der Waals surface area contributed by atoms with Crippen molar-refractivity contribution in [2.24, 2.45) is 0 Å². The van der Waals surface area contributed by atoms with Gasteiger partial charge in [0.2, 0.25) is 0 Å². The first-order chi connectivity index (χ1) is 14.3. The number of para-hydroxylation sites is 1. The maximum absolute atomic E-state index is 15.4. The van der Waals surface area contributed by atoms with Crippen LogP contribution in [0.3, 0.4) is 0 Å². The minimum absolute atomic E-state index is 0.242. The zero-order chi connectivity index (χ0) is 21.8. The van der Waals surface area contributed by atoms with E-state index in [0.717, 1.165) is 50.6 Å². The summed E-state index contributed by atoms with van der Waals surface area (Å²) in [6, 6.07) is 7.60. The zero-order valence-electron chi connectivity index (χ0n) is 18.6. The highest BCUT2D eigenvalue weighted by molar-refractivity contribution is 5.98. The maximum Gasteiger partial charge on any atom is 0.162 e. The number of aromatic amines is 1. The molecule has 0 spiro atoms. The maximum atomic E-state index is 15.4. The third-order valence-electron chi connectivity index (χ3n) is 5.74. The van der Waals surface area contributed by atoms with Gasteiger partial charge in [0.1, 0.15) is 11.6 Å². The Kier molecular flexibility index (Phi) is 4.68. The number of aromatic nitrogens is 4. The lowest BCUT2D eigenvalue weighted by Gasteiger charge is -2.35. The van der Waals surface area contributed by atoms with Gasteiger partial charge in [-0.15, -0.1) is 10.2 Å². The molecule has 4 aromatic rings. The standard InChI is InChI=1S/C22H22FN5.C2H6/c1-11-10-24-19-14(11)7-6-8-15(19)18-12(2)20-17(9-16(18)23)25-22(4,5)21-27-26-13(3)28(20)21;1-2/h6-10,24-25H,1-5H3;1-2H3. The van der Waals surface area contributed by atoms with E-state index in [1.54, 1.807) is 6.07 Å². The Morgan fingerprint density at radius 3 is 2.53 bits per heavy atom. The first-order valence-corrected chi connectivity index (χ1v) is 10.4. The number of rotatable bonds is 1. The van der Waals surface area contributed by atoms with Crippen molar-refractivity contribution in [2.75, 3.05) is 5.32 Å². The minimum Gasteiger partial charge on any atom is -0.371 e. The van der Waals surface area contributed by atoms with Gasteiger partial charge in [0.05, 0.1) is 22.4 Å². The molecule has 3 heterocycles. The molecule has 1 aliphatic heterocycles. The van der Waals surface area contributed by atoms with Crippen LogP contribution in [0.4, 0.5) is 10.1 Å². The molecule has 0 atom stereocenters. The van der Waals surface area contributed by atoms with Crippen LogP contribution >= 0.6 is 0 Å². The van der Waals surface area contributed by atoms with Crippen LogP contribution < -0.4 is 5.32 Å². The van der Waals surface area contributed by atoms with E-state index < -0.39 is 5.54 Å². The molecule has 2 N–H and O–H groups in total. The third-order valence-corrected chi connectivity index (χ3v) is 5.74. The number of aryl methyl sites for hydroxylation is 2. The Morgan fingerprint density at radius 1 is 1.07 bits per heavy atom. The van der Waals surface area contributed by atoms with Crippen molar-refractivity contribution < 1.29 is 4.39 Å². The molecule has 0 saturated carbocycles. The number of hydrogen-bond donors (Lipinski definition) is 2. The molecular weight excluding hydrogens is 377 g/mol. The van der Waals surface area contributed by atoms with Gasteiger partial charge in [0.25, 0.3) is 0 Å². The van der Waals surface area contributed by atoms with E-state index in [1.807, 2.05) is 64.4 Å². The van der Waals surface area contributed by atoms with Gasteiger partial charge in [-0.05, 0) is 51.8 Å². The first-order valence-electron chi connectivity index (χ1n) is 10.4. The van der Waals surface area contributed by atoms with Gasteiger partial charge in [-0.2, -0.15) is 0 Å². The molecule has 5 rings (SSSR count). The third kappa shape index (κ3) is 2.74. The van der Waals surface area contributed by atoms with E-state index in [-0.39, 0.29) is 5.82 Å². The van der Waals surface area contributed by atoms with Crippen LogP contribution in [0.2, 0.25) is 0 Å². The predicted molar refractivity (Wildman–Crippen MR) is 121 cm³/mol. The summed E-state index contributed by atoms with van der Waals surface area (Å²) in [6.45, 7) is 14.0. The quantitative estimate of drug-likeness (QED) is 0.398. The van der Waals surface area contributed by atoms with E-state index in [9.17, 15) is 0 Å². The fraction of sp³-hybridized carbons (Fsp3) is 0.333. The van der Waals surface area contributed by atoms with Crippen molar-refractivity contribution in [1.29, 1.82) is 0 Å². The lowest BCUT2D eigenvalue weighted by Crippen LogP contribution is -2.36. The minimum atomic E-state index is -0.439. The number of benzene rings is 2. The fourth-order valence-corrected chi connectivity index (χ4v) is 4.41. The second-order valence-electron chi connectivity index (χ2n) is 8.11. The van der Waals surface area contributed by atoms with Gasteiger partial charge in [-0.3, -0.25) is 4.57 Å². The summed E-state index contributed by atoms with van der Waals surface area (Å²) in [5.41, 5.74) is 5.65. The Morgan fingerprint density at radius 2 is 1.80 bits per heavy atom. The topological polar surface area (TPSA) is 58.5 Å². The Bertz CT molecular complexity index is 1260. The van der Waals surface area contributed by atoms with E-state index in [2.05, 4.69) is 33.5 Å². The summed E-state index contributed by atoms with van der Waals surface area (Å²) < 4.78 is 17.5. The number of anilines is 1. The molecule has 0 fully saturated rings. The first kappa shape index (κ1) is 20.1. The van der Waals surface area contributed by atoms with E-state index in [1.165, 1.54) is 0 Å². The number of halogens is 1. The van der Waals surface area contributed by atoms with Gasteiger partial charge in [-0.1, -0.05) is 32.0 Å². The van der Waals surface area contributed by atoms with Crippen LogP contribution in [0.1, 0.15) is 50.5 Å². The summed E-state index contributed by atoms with van der Waals surface area (Å²) in [4.78, 5) is 3.31. The van der Waals surface area contributed by atoms with Crippen molar-refractivity contribution in [2.45, 2.75) is 54.0 Å². The number of nitrogens with zero attached hydrogens (tertiary/aromatic N) is 3. The smallest absolute Gasteiger partial charge is 0.162 e. The van der Waals surface area contributed by atoms with Gasteiger partial charge in [-0.25, -0.2) is 4.39 Å². The number of fused-ring (bicyclic) bond motifs is 4. The van der Waals surface area contributed by atoms with Crippen molar-refractivity contribution >= 4 is 16.6 Å². The molecule has 1 aliphatic rings. The lowest BCUT2D eigenvalue weighted by atomic mass is 9.92. The van der Waals surface area contributed by atoms with Crippen molar-refractivity contribution in [3.63, 3.8) is 0 Å². The van der Waals surface area contributed by atoms with Crippen LogP contribution in [-0.4, -0.2) is 19.7 Å².